The molecule has 0 saturated heterocycles. The van der Waals surface area contributed by atoms with E-state index in [1.807, 2.05) is 51.1 Å². The van der Waals surface area contributed by atoms with E-state index in [-0.39, 0.29) is 12.3 Å². The topological polar surface area (TPSA) is 134 Å². The molecule has 1 aromatic rings. The molecule has 1 aromatic carbocycles. The van der Waals surface area contributed by atoms with Crippen LogP contribution in [-0.4, -0.2) is 52.7 Å². The van der Waals surface area contributed by atoms with Gasteiger partial charge in [0.25, 0.3) is 0 Å². The van der Waals surface area contributed by atoms with Crippen LogP contribution in [0.4, 0.5) is 4.79 Å². The summed E-state index contributed by atoms with van der Waals surface area (Å²) < 4.78 is 5.31. The van der Waals surface area contributed by atoms with Crippen molar-refractivity contribution in [3.63, 3.8) is 0 Å². The number of carboxylic acid groups (broad SMARTS) is 1. The van der Waals surface area contributed by atoms with Gasteiger partial charge < -0.3 is 25.8 Å². The van der Waals surface area contributed by atoms with Crippen molar-refractivity contribution in [2.45, 2.75) is 97.4 Å². The lowest BCUT2D eigenvalue weighted by molar-refractivity contribution is -0.142. The second-order valence-electron chi connectivity index (χ2n) is 10.1. The minimum absolute atomic E-state index is 0.0522. The Bertz CT molecular complexity index is 835. The first-order valence-electron chi connectivity index (χ1n) is 12.2. The SMILES string of the molecule is CCCC[C@@H](NC(=O)[C@@H](CC(C)C)NC(=O)[C@@H](Cc1ccccc1)NC(=O)OC(C)(C)C)C(=O)O. The number of hydrogen-bond donors (Lipinski definition) is 4. The zero-order valence-electron chi connectivity index (χ0n) is 21.7. The van der Waals surface area contributed by atoms with Crippen LogP contribution in [0.2, 0.25) is 0 Å². The molecule has 9 heteroatoms. The second kappa shape index (κ2) is 14.3. The van der Waals surface area contributed by atoms with Crippen molar-refractivity contribution in [3.05, 3.63) is 35.9 Å². The maximum absolute atomic E-state index is 13.3. The van der Waals surface area contributed by atoms with E-state index in [1.165, 1.54) is 0 Å². The molecule has 196 valence electrons. The molecule has 0 aliphatic carbocycles. The standard InChI is InChI=1S/C26H41N3O6/c1-7-8-14-19(24(32)33)27-22(30)20(15-17(2)3)28-23(31)21(16-18-12-10-9-11-13-18)29-25(34)35-26(4,5)6/h9-13,17,19-21H,7-8,14-16H2,1-6H3,(H,27,30)(H,28,31)(H,29,34)(H,32,33)/t19-,20-,21-/m1/s1. The van der Waals surface area contributed by atoms with Crippen molar-refractivity contribution in [1.82, 2.24) is 16.0 Å². The molecule has 0 bridgehead atoms. The fourth-order valence-corrected chi connectivity index (χ4v) is 3.42. The Balaban J connectivity index is 3.06. The van der Waals surface area contributed by atoms with Gasteiger partial charge >= 0.3 is 12.1 Å². The number of unbranched alkanes of at least 4 members (excludes halogenated alkanes) is 1. The number of ether oxygens (including phenoxy) is 1. The molecule has 0 radical (unpaired) electrons. The monoisotopic (exact) mass is 491 g/mol. The van der Waals surface area contributed by atoms with Crippen LogP contribution < -0.4 is 16.0 Å². The quantitative estimate of drug-likeness (QED) is 0.334. The number of aliphatic carboxylic acids is 1. The molecule has 0 heterocycles. The van der Waals surface area contributed by atoms with Gasteiger partial charge in [-0.2, -0.15) is 0 Å². The average Bonchev–Trinajstić information content (AvgIpc) is 2.74. The molecule has 35 heavy (non-hydrogen) atoms. The first kappa shape index (κ1) is 29.9. The molecule has 0 spiro atoms. The van der Waals surface area contributed by atoms with Crippen molar-refractivity contribution in [2.24, 2.45) is 5.92 Å². The van der Waals surface area contributed by atoms with E-state index < -0.39 is 47.6 Å². The van der Waals surface area contributed by atoms with Gasteiger partial charge in [0.15, 0.2) is 0 Å². The third-order valence-electron chi connectivity index (χ3n) is 5.09. The summed E-state index contributed by atoms with van der Waals surface area (Å²) >= 11 is 0. The minimum Gasteiger partial charge on any atom is -0.480 e. The van der Waals surface area contributed by atoms with Gasteiger partial charge in [-0.25, -0.2) is 9.59 Å². The van der Waals surface area contributed by atoms with Crippen LogP contribution in [0.3, 0.4) is 0 Å². The lowest BCUT2D eigenvalue weighted by Gasteiger charge is -2.26. The molecule has 4 N–H and O–H groups in total. The first-order chi connectivity index (χ1) is 16.3. The molecule has 0 aliphatic heterocycles. The average molecular weight is 492 g/mol. The first-order valence-corrected chi connectivity index (χ1v) is 12.2. The van der Waals surface area contributed by atoms with E-state index in [1.54, 1.807) is 20.8 Å². The van der Waals surface area contributed by atoms with Crippen LogP contribution in [0.1, 0.15) is 72.8 Å². The van der Waals surface area contributed by atoms with Crippen LogP contribution in [0.25, 0.3) is 0 Å². The summed E-state index contributed by atoms with van der Waals surface area (Å²) in [5.41, 5.74) is 0.0708. The van der Waals surface area contributed by atoms with Crippen molar-refractivity contribution < 1.29 is 29.0 Å². The highest BCUT2D eigenvalue weighted by Crippen LogP contribution is 2.11. The van der Waals surface area contributed by atoms with Crippen LogP contribution in [-0.2, 0) is 25.5 Å². The van der Waals surface area contributed by atoms with E-state index in [9.17, 15) is 24.3 Å². The molecule has 1 rings (SSSR count). The van der Waals surface area contributed by atoms with Gasteiger partial charge in [0.1, 0.15) is 23.7 Å². The van der Waals surface area contributed by atoms with E-state index in [0.29, 0.717) is 19.3 Å². The molecule has 9 nitrogen and oxygen atoms in total. The zero-order valence-corrected chi connectivity index (χ0v) is 21.7. The summed E-state index contributed by atoms with van der Waals surface area (Å²) in [7, 11) is 0. The number of amides is 3. The van der Waals surface area contributed by atoms with Crippen molar-refractivity contribution in [2.75, 3.05) is 0 Å². The van der Waals surface area contributed by atoms with E-state index in [0.717, 1.165) is 12.0 Å². The van der Waals surface area contributed by atoms with Gasteiger partial charge in [-0.15, -0.1) is 0 Å². The van der Waals surface area contributed by atoms with Crippen LogP contribution >= 0.6 is 0 Å². The number of carbonyl (C=O) groups excluding carboxylic acids is 3. The number of carbonyl (C=O) groups is 4. The van der Waals surface area contributed by atoms with Crippen molar-refractivity contribution >= 4 is 23.9 Å². The molecule has 0 fully saturated rings. The number of alkyl carbamates (subject to hydrolysis) is 1. The van der Waals surface area contributed by atoms with Gasteiger partial charge in [0.2, 0.25) is 11.8 Å². The Morgan fingerprint density at radius 1 is 0.914 bits per heavy atom. The minimum atomic E-state index is -1.12. The van der Waals surface area contributed by atoms with Gasteiger partial charge in [-0.3, -0.25) is 9.59 Å². The third-order valence-corrected chi connectivity index (χ3v) is 5.09. The Kier molecular flexibility index (Phi) is 12.3. The summed E-state index contributed by atoms with van der Waals surface area (Å²) in [5, 5.41) is 17.4. The molecule has 0 unspecified atom stereocenters. The largest absolute Gasteiger partial charge is 0.480 e. The lowest BCUT2D eigenvalue weighted by atomic mass is 10.0. The van der Waals surface area contributed by atoms with E-state index in [4.69, 9.17) is 4.74 Å². The molecule has 0 saturated carbocycles. The van der Waals surface area contributed by atoms with Crippen LogP contribution in [0.15, 0.2) is 30.3 Å². The van der Waals surface area contributed by atoms with Gasteiger partial charge in [-0.05, 0) is 45.1 Å². The van der Waals surface area contributed by atoms with E-state index in [2.05, 4.69) is 16.0 Å². The third kappa shape index (κ3) is 12.2. The summed E-state index contributed by atoms with van der Waals surface area (Å²) in [4.78, 5) is 50.3. The normalized spacial score (nSPS) is 13.9. The van der Waals surface area contributed by atoms with Crippen molar-refractivity contribution in [1.29, 1.82) is 0 Å². The lowest BCUT2D eigenvalue weighted by Crippen LogP contribution is -2.56. The smallest absolute Gasteiger partial charge is 0.408 e. The highest BCUT2D eigenvalue weighted by Gasteiger charge is 2.31. The van der Waals surface area contributed by atoms with Gasteiger partial charge in [-0.1, -0.05) is 63.9 Å². The molecule has 0 aliphatic rings. The van der Waals surface area contributed by atoms with Crippen LogP contribution in [0, 0.1) is 5.92 Å². The highest BCUT2D eigenvalue weighted by atomic mass is 16.6. The summed E-state index contributed by atoms with van der Waals surface area (Å²) in [6.45, 7) is 10.9. The zero-order chi connectivity index (χ0) is 26.6. The highest BCUT2D eigenvalue weighted by molar-refractivity contribution is 5.93. The Hall–Kier alpha value is -3.10. The predicted octanol–water partition coefficient (Wildman–Crippen LogP) is 3.41. The maximum atomic E-state index is 13.3. The number of nitrogens with one attached hydrogen (secondary N) is 3. The summed E-state index contributed by atoms with van der Waals surface area (Å²) in [6, 6.07) is 6.19. The fraction of sp³-hybridized carbons (Fsp3) is 0.615. The summed E-state index contributed by atoms with van der Waals surface area (Å²) in [5.74, 6) is -2.18. The maximum Gasteiger partial charge on any atom is 0.408 e. The molecule has 0 aromatic heterocycles. The predicted molar refractivity (Wildman–Crippen MR) is 134 cm³/mol. The molecular formula is C26H41N3O6. The number of hydrogen-bond acceptors (Lipinski definition) is 5. The number of carboxylic acids is 1. The molecule has 3 atom stereocenters. The van der Waals surface area contributed by atoms with Gasteiger partial charge in [0, 0.05) is 6.42 Å². The number of rotatable bonds is 13. The summed E-state index contributed by atoms with van der Waals surface area (Å²) in [6.07, 6.45) is 1.50. The Morgan fingerprint density at radius 3 is 2.00 bits per heavy atom. The Morgan fingerprint density at radius 2 is 1.49 bits per heavy atom. The van der Waals surface area contributed by atoms with Crippen LogP contribution in [0.5, 0.6) is 0 Å². The molecular weight excluding hydrogens is 450 g/mol. The fourth-order valence-electron chi connectivity index (χ4n) is 3.42. The van der Waals surface area contributed by atoms with Crippen molar-refractivity contribution in [3.8, 4) is 0 Å². The second-order valence-corrected chi connectivity index (χ2v) is 10.1. The molecule has 3 amide bonds. The Labute approximate surface area is 208 Å². The van der Waals surface area contributed by atoms with E-state index >= 15 is 0 Å². The number of benzene rings is 1. The van der Waals surface area contributed by atoms with Gasteiger partial charge in [0.05, 0.1) is 0 Å².